The van der Waals surface area contributed by atoms with E-state index in [2.05, 4.69) is 0 Å². The molecule has 0 saturated carbocycles. The number of halogens is 3. The minimum Gasteiger partial charge on any atom is -0.465 e. The number of ether oxygens (including phenoxy) is 2. The normalized spacial score (nSPS) is 11.5. The second-order valence-electron chi connectivity index (χ2n) is 8.08. The fourth-order valence-corrected chi connectivity index (χ4v) is 4.70. The third kappa shape index (κ3) is 6.14. The van der Waals surface area contributed by atoms with Crippen LogP contribution in [-0.4, -0.2) is 35.2 Å². The Morgan fingerprint density at radius 3 is 2.35 bits per heavy atom. The highest BCUT2D eigenvalue weighted by atomic mass is 32.2. The first kappa shape index (κ1) is 26.3. The molecule has 0 fully saturated rings. The van der Waals surface area contributed by atoms with E-state index < -0.39 is 23.7 Å². The number of aromatic nitrogens is 2. The Labute approximate surface area is 215 Å². The van der Waals surface area contributed by atoms with Crippen molar-refractivity contribution in [2.45, 2.75) is 30.6 Å². The van der Waals surface area contributed by atoms with Crippen molar-refractivity contribution < 1.29 is 32.2 Å². The van der Waals surface area contributed by atoms with Crippen LogP contribution in [0.5, 0.6) is 0 Å². The Hall–Kier alpha value is -3.79. The maximum atomic E-state index is 13.0. The molecule has 4 rings (SSSR count). The maximum absolute atomic E-state index is 13.0. The minimum absolute atomic E-state index is 0.241. The van der Waals surface area contributed by atoms with Gasteiger partial charge in [-0.2, -0.15) is 13.2 Å². The third-order valence-corrected chi connectivity index (χ3v) is 6.61. The van der Waals surface area contributed by atoms with Crippen LogP contribution in [0, 0.1) is 0 Å². The van der Waals surface area contributed by atoms with Gasteiger partial charge in [-0.1, -0.05) is 36.0 Å². The van der Waals surface area contributed by atoms with E-state index >= 15 is 0 Å². The number of carbonyl (C=O) groups excluding carboxylic acids is 2. The van der Waals surface area contributed by atoms with Crippen molar-refractivity contribution in [2.75, 3.05) is 13.7 Å². The van der Waals surface area contributed by atoms with Crippen molar-refractivity contribution in [3.8, 4) is 0 Å². The number of carbonyl (C=O) groups is 2. The maximum Gasteiger partial charge on any atom is 0.416 e. The number of esters is 2. The second kappa shape index (κ2) is 11.1. The number of alkyl halides is 3. The highest BCUT2D eigenvalue weighted by molar-refractivity contribution is 7.98. The molecule has 0 atom stereocenters. The molecule has 0 aliphatic carbocycles. The smallest absolute Gasteiger partial charge is 0.416 e. The van der Waals surface area contributed by atoms with E-state index in [-0.39, 0.29) is 13.2 Å². The first-order valence-corrected chi connectivity index (χ1v) is 12.3. The van der Waals surface area contributed by atoms with E-state index in [9.17, 15) is 22.8 Å². The summed E-state index contributed by atoms with van der Waals surface area (Å²) in [5.41, 5.74) is 2.88. The van der Waals surface area contributed by atoms with E-state index in [1.165, 1.54) is 31.0 Å². The summed E-state index contributed by atoms with van der Waals surface area (Å²) in [7, 11) is 1.32. The zero-order valence-corrected chi connectivity index (χ0v) is 20.9. The molecule has 0 N–H and O–H groups in total. The Morgan fingerprint density at radius 1 is 0.946 bits per heavy atom. The van der Waals surface area contributed by atoms with Crippen LogP contribution < -0.4 is 0 Å². The summed E-state index contributed by atoms with van der Waals surface area (Å²) in [5, 5.41) is 0.611. The van der Waals surface area contributed by atoms with Crippen LogP contribution in [0.2, 0.25) is 0 Å². The molecule has 37 heavy (non-hydrogen) atoms. The van der Waals surface area contributed by atoms with Gasteiger partial charge in [-0.05, 0) is 60.5 Å². The van der Waals surface area contributed by atoms with Crippen molar-refractivity contribution in [1.29, 1.82) is 0 Å². The van der Waals surface area contributed by atoms with E-state index in [1.807, 2.05) is 10.6 Å². The van der Waals surface area contributed by atoms with Gasteiger partial charge in [-0.3, -0.25) is 0 Å². The van der Waals surface area contributed by atoms with Crippen LogP contribution >= 0.6 is 11.8 Å². The molecule has 10 heteroatoms. The number of nitrogens with zero attached hydrogens (tertiary/aromatic N) is 2. The molecule has 3 aromatic carbocycles. The number of imidazole rings is 1. The molecule has 1 aromatic heterocycles. The molecule has 6 nitrogen and oxygen atoms in total. The number of fused-ring (bicyclic) bond motifs is 1. The summed E-state index contributed by atoms with van der Waals surface area (Å²) >= 11 is 1.41. The minimum atomic E-state index is -4.41. The van der Waals surface area contributed by atoms with Gasteiger partial charge in [0, 0.05) is 5.75 Å². The van der Waals surface area contributed by atoms with Crippen LogP contribution in [0.15, 0.2) is 71.9 Å². The molecule has 0 aliphatic heterocycles. The molecular weight excluding hydrogens is 505 g/mol. The number of benzene rings is 3. The predicted octanol–water partition coefficient (Wildman–Crippen LogP) is 6.36. The zero-order valence-electron chi connectivity index (χ0n) is 20.0. The summed E-state index contributed by atoms with van der Waals surface area (Å²) in [6.07, 6.45) is -4.41. The van der Waals surface area contributed by atoms with Gasteiger partial charge in [0.1, 0.15) is 0 Å². The van der Waals surface area contributed by atoms with E-state index in [0.717, 1.165) is 23.2 Å². The first-order chi connectivity index (χ1) is 17.7. The summed E-state index contributed by atoms with van der Waals surface area (Å²) in [5.74, 6) is -0.422. The van der Waals surface area contributed by atoms with E-state index in [4.69, 9.17) is 14.5 Å². The average molecular weight is 529 g/mol. The van der Waals surface area contributed by atoms with Gasteiger partial charge in [0.05, 0.1) is 48.0 Å². The van der Waals surface area contributed by atoms with Gasteiger partial charge in [0.15, 0.2) is 5.16 Å². The standard InChI is InChI=1S/C27H23F3N2O4S/c1-3-36-25(34)20-9-12-23-22(14-20)31-26(37-16-18-5-4-6-19(13-18)24(33)35-2)32(23)15-17-7-10-21(11-8-17)27(28,29)30/h4-14H,3,15-16H2,1-2H3. The number of methoxy groups -OCH3 is 1. The molecule has 0 spiro atoms. The molecule has 0 aliphatic rings. The lowest BCUT2D eigenvalue weighted by molar-refractivity contribution is -0.137. The predicted molar refractivity (Wildman–Crippen MR) is 134 cm³/mol. The van der Waals surface area contributed by atoms with Crippen LogP contribution in [-0.2, 0) is 27.9 Å². The highest BCUT2D eigenvalue weighted by Crippen LogP contribution is 2.31. The Kier molecular flexibility index (Phi) is 7.87. The Morgan fingerprint density at radius 2 is 1.68 bits per heavy atom. The van der Waals surface area contributed by atoms with Crippen molar-refractivity contribution in [1.82, 2.24) is 9.55 Å². The van der Waals surface area contributed by atoms with Crippen molar-refractivity contribution in [2.24, 2.45) is 0 Å². The quantitative estimate of drug-likeness (QED) is 0.196. The van der Waals surface area contributed by atoms with Crippen LogP contribution in [0.3, 0.4) is 0 Å². The Balaban J connectivity index is 1.67. The van der Waals surface area contributed by atoms with Gasteiger partial charge >= 0.3 is 18.1 Å². The largest absolute Gasteiger partial charge is 0.465 e. The molecule has 0 bridgehead atoms. The van der Waals surface area contributed by atoms with Crippen LogP contribution in [0.1, 0.15) is 44.3 Å². The Bertz CT molecular complexity index is 1430. The molecule has 0 radical (unpaired) electrons. The molecule has 1 heterocycles. The topological polar surface area (TPSA) is 70.4 Å². The molecular formula is C27H23F3N2O4S. The fraction of sp³-hybridized carbons (Fsp3) is 0.222. The second-order valence-corrected chi connectivity index (χ2v) is 9.02. The van der Waals surface area contributed by atoms with Crippen LogP contribution in [0.25, 0.3) is 11.0 Å². The number of hydrogen-bond donors (Lipinski definition) is 0. The van der Waals surface area contributed by atoms with Crippen molar-refractivity contribution >= 4 is 34.7 Å². The van der Waals surface area contributed by atoms with E-state index in [1.54, 1.807) is 43.3 Å². The lowest BCUT2D eigenvalue weighted by Gasteiger charge is -2.11. The van der Waals surface area contributed by atoms with Crippen molar-refractivity contribution in [3.63, 3.8) is 0 Å². The summed E-state index contributed by atoms with van der Waals surface area (Å²) in [4.78, 5) is 28.8. The number of rotatable bonds is 8. The van der Waals surface area contributed by atoms with Crippen LogP contribution in [0.4, 0.5) is 13.2 Å². The van der Waals surface area contributed by atoms with Gasteiger partial charge in [-0.15, -0.1) is 0 Å². The summed E-state index contributed by atoms with van der Waals surface area (Å²) in [6, 6.07) is 17.1. The molecule has 4 aromatic rings. The van der Waals surface area contributed by atoms with E-state index in [0.29, 0.717) is 33.1 Å². The van der Waals surface area contributed by atoms with Gasteiger partial charge in [0.25, 0.3) is 0 Å². The SMILES string of the molecule is CCOC(=O)c1ccc2c(c1)nc(SCc1cccc(C(=O)OC)c1)n2Cc1ccc(C(F)(F)F)cc1. The lowest BCUT2D eigenvalue weighted by Crippen LogP contribution is -2.06. The number of thioether (sulfide) groups is 1. The molecule has 192 valence electrons. The zero-order chi connectivity index (χ0) is 26.6. The molecule has 0 saturated heterocycles. The lowest BCUT2D eigenvalue weighted by atomic mass is 10.1. The average Bonchev–Trinajstić information content (AvgIpc) is 3.23. The molecule has 0 unspecified atom stereocenters. The summed E-state index contributed by atoms with van der Waals surface area (Å²) < 4.78 is 50.8. The van der Waals surface area contributed by atoms with Gasteiger partial charge < -0.3 is 14.0 Å². The monoisotopic (exact) mass is 528 g/mol. The highest BCUT2D eigenvalue weighted by Gasteiger charge is 2.30. The van der Waals surface area contributed by atoms with Gasteiger partial charge in [-0.25, -0.2) is 14.6 Å². The number of hydrogen-bond acceptors (Lipinski definition) is 6. The van der Waals surface area contributed by atoms with Gasteiger partial charge in [0.2, 0.25) is 0 Å². The summed E-state index contributed by atoms with van der Waals surface area (Å²) in [6.45, 7) is 2.24. The fourth-order valence-electron chi connectivity index (χ4n) is 3.75. The molecule has 0 amide bonds. The first-order valence-electron chi connectivity index (χ1n) is 11.3. The third-order valence-electron chi connectivity index (χ3n) is 5.56. The van der Waals surface area contributed by atoms with Crippen molar-refractivity contribution in [3.05, 3.63) is 94.5 Å².